The summed E-state index contributed by atoms with van der Waals surface area (Å²) in [6.07, 6.45) is 6.54. The summed E-state index contributed by atoms with van der Waals surface area (Å²) in [6, 6.07) is 50.4. The summed E-state index contributed by atoms with van der Waals surface area (Å²) < 4.78 is 6.44. The molecule has 0 spiro atoms. The Bertz CT molecular complexity index is 2390. The molecule has 2 aliphatic heterocycles. The molecule has 46 heavy (non-hydrogen) atoms. The number of furan rings is 1. The van der Waals surface area contributed by atoms with E-state index in [2.05, 4.69) is 155 Å². The van der Waals surface area contributed by atoms with E-state index in [0.717, 1.165) is 24.0 Å². The van der Waals surface area contributed by atoms with Gasteiger partial charge in [0.05, 0.1) is 0 Å². The molecule has 6 aromatic carbocycles. The lowest BCUT2D eigenvalue weighted by atomic mass is 9.53. The number of anilines is 3. The van der Waals surface area contributed by atoms with Crippen molar-refractivity contribution in [2.45, 2.75) is 12.8 Å². The first kappa shape index (κ1) is 25.6. The summed E-state index contributed by atoms with van der Waals surface area (Å²) in [5.74, 6) is 0. The lowest BCUT2D eigenvalue weighted by Crippen LogP contribution is -2.63. The fourth-order valence-electron chi connectivity index (χ4n) is 8.01. The average molecular weight is 589 g/mol. The Hall–Kier alpha value is -5.74. The maximum absolute atomic E-state index is 6.44. The minimum absolute atomic E-state index is 0.0293. The smallest absolute Gasteiger partial charge is 0.421 e. The van der Waals surface area contributed by atoms with E-state index in [9.17, 15) is 0 Å². The highest BCUT2D eigenvalue weighted by Crippen LogP contribution is 2.48. The number of benzene rings is 6. The number of rotatable bonds is 3. The van der Waals surface area contributed by atoms with Gasteiger partial charge in [-0.25, -0.2) is 0 Å². The van der Waals surface area contributed by atoms with E-state index >= 15 is 0 Å². The van der Waals surface area contributed by atoms with Gasteiger partial charge in [-0.3, -0.25) is 0 Å². The van der Waals surface area contributed by atoms with Gasteiger partial charge in [0.15, 0.2) is 0 Å². The third kappa shape index (κ3) is 3.61. The van der Waals surface area contributed by atoms with E-state index in [1.807, 2.05) is 6.07 Å². The molecule has 0 radical (unpaired) electrons. The maximum atomic E-state index is 6.44. The van der Waals surface area contributed by atoms with Crippen molar-refractivity contribution in [2.24, 2.45) is 0 Å². The summed E-state index contributed by atoms with van der Waals surface area (Å²) in [5, 5.41) is 2.35. The molecule has 0 unspecified atom stereocenters. The molecular formula is C42H29BN2O. The second kappa shape index (κ2) is 9.88. The third-order valence-corrected chi connectivity index (χ3v) is 9.98. The van der Waals surface area contributed by atoms with E-state index in [1.165, 1.54) is 72.4 Å². The van der Waals surface area contributed by atoms with Gasteiger partial charge in [0.1, 0.15) is 11.2 Å². The summed E-state index contributed by atoms with van der Waals surface area (Å²) >= 11 is 0. The van der Waals surface area contributed by atoms with Crippen molar-refractivity contribution in [2.75, 3.05) is 9.62 Å². The van der Waals surface area contributed by atoms with Gasteiger partial charge in [-0.1, -0.05) is 115 Å². The first-order valence-corrected chi connectivity index (χ1v) is 16.1. The minimum Gasteiger partial charge on any atom is -0.455 e. The van der Waals surface area contributed by atoms with Crippen LogP contribution in [0.3, 0.4) is 0 Å². The van der Waals surface area contributed by atoms with Crippen molar-refractivity contribution in [3.63, 3.8) is 0 Å². The molecule has 10 rings (SSSR count). The predicted octanol–water partition coefficient (Wildman–Crippen LogP) is 10.3. The third-order valence-electron chi connectivity index (χ3n) is 9.98. The van der Waals surface area contributed by atoms with Gasteiger partial charge >= 0.3 is 6.98 Å². The molecule has 0 saturated carbocycles. The van der Waals surface area contributed by atoms with Crippen LogP contribution in [0.25, 0.3) is 49.8 Å². The van der Waals surface area contributed by atoms with Gasteiger partial charge in [-0.05, 0) is 71.4 Å². The minimum atomic E-state index is -0.0293. The molecule has 0 amide bonds. The van der Waals surface area contributed by atoms with Crippen LogP contribution in [0.1, 0.15) is 18.4 Å². The second-order valence-electron chi connectivity index (χ2n) is 12.4. The number of fused-ring (bicyclic) bond motifs is 7. The van der Waals surface area contributed by atoms with Crippen molar-refractivity contribution in [3.8, 4) is 22.3 Å². The van der Waals surface area contributed by atoms with Gasteiger partial charge < -0.3 is 14.0 Å². The van der Waals surface area contributed by atoms with Crippen molar-refractivity contribution in [1.29, 1.82) is 0 Å². The first-order valence-electron chi connectivity index (χ1n) is 16.1. The topological polar surface area (TPSA) is 19.6 Å². The molecule has 1 aromatic heterocycles. The average Bonchev–Trinajstić information content (AvgIpc) is 3.51. The van der Waals surface area contributed by atoms with Crippen molar-refractivity contribution in [1.82, 2.24) is 0 Å². The number of nitrogens with zero attached hydrogens (tertiary/aromatic N) is 2. The SMILES string of the molecule is C1=C(c2cccc3c2oc2ccccc23)CCC(N2B3c4c(cccc4-c4ccccc4N3c3ccccc3)-c3ccccc32)=C1. The van der Waals surface area contributed by atoms with Gasteiger partial charge in [-0.2, -0.15) is 0 Å². The van der Waals surface area contributed by atoms with E-state index in [0.29, 0.717) is 0 Å². The number of hydrogen-bond donors (Lipinski definition) is 0. The van der Waals surface area contributed by atoms with Gasteiger partial charge in [0.25, 0.3) is 0 Å². The van der Waals surface area contributed by atoms with E-state index < -0.39 is 0 Å². The Labute approximate surface area is 268 Å². The van der Waals surface area contributed by atoms with Crippen LogP contribution in [0.4, 0.5) is 17.1 Å². The molecule has 0 bridgehead atoms. The molecule has 0 atom stereocenters. The molecule has 0 saturated heterocycles. The van der Waals surface area contributed by atoms with Crippen molar-refractivity contribution >= 4 is 57.0 Å². The van der Waals surface area contributed by atoms with Crippen LogP contribution in [-0.2, 0) is 0 Å². The molecule has 1 aliphatic carbocycles. The molecule has 7 aromatic rings. The van der Waals surface area contributed by atoms with Crippen LogP contribution < -0.4 is 15.1 Å². The summed E-state index contributed by atoms with van der Waals surface area (Å²) in [6.45, 7) is -0.0293. The second-order valence-corrected chi connectivity index (χ2v) is 12.4. The fourth-order valence-corrected chi connectivity index (χ4v) is 8.01. The normalized spacial score (nSPS) is 14.9. The zero-order chi connectivity index (χ0) is 30.2. The van der Waals surface area contributed by atoms with Gasteiger partial charge in [-0.15, -0.1) is 0 Å². The van der Waals surface area contributed by atoms with Gasteiger partial charge in [0, 0.05) is 50.2 Å². The highest BCUT2D eigenvalue weighted by molar-refractivity contribution is 6.86. The quantitative estimate of drug-likeness (QED) is 0.192. The first-order chi connectivity index (χ1) is 22.8. The predicted molar refractivity (Wildman–Crippen MR) is 193 cm³/mol. The van der Waals surface area contributed by atoms with Crippen LogP contribution in [0, 0.1) is 0 Å². The van der Waals surface area contributed by atoms with Crippen LogP contribution in [0.2, 0.25) is 0 Å². The highest BCUT2D eigenvalue weighted by Gasteiger charge is 2.47. The zero-order valence-corrected chi connectivity index (χ0v) is 25.2. The Morgan fingerprint density at radius 3 is 1.85 bits per heavy atom. The van der Waals surface area contributed by atoms with Crippen molar-refractivity contribution < 1.29 is 4.42 Å². The van der Waals surface area contributed by atoms with Crippen LogP contribution in [-0.4, -0.2) is 6.98 Å². The Morgan fingerprint density at radius 1 is 0.478 bits per heavy atom. The summed E-state index contributed by atoms with van der Waals surface area (Å²) in [7, 11) is 0. The fraction of sp³-hybridized carbons (Fsp3) is 0.0476. The Morgan fingerprint density at radius 2 is 1.09 bits per heavy atom. The van der Waals surface area contributed by atoms with E-state index in [1.54, 1.807) is 0 Å². The van der Waals surface area contributed by atoms with Crippen LogP contribution >= 0.6 is 0 Å². The molecule has 3 heterocycles. The molecule has 4 heteroatoms. The molecule has 216 valence electrons. The lowest BCUT2D eigenvalue weighted by Gasteiger charge is -2.48. The van der Waals surface area contributed by atoms with Gasteiger partial charge in [0.2, 0.25) is 0 Å². The van der Waals surface area contributed by atoms with Crippen molar-refractivity contribution in [3.05, 3.63) is 163 Å². The lowest BCUT2D eigenvalue weighted by molar-refractivity contribution is 0.667. The van der Waals surface area contributed by atoms with E-state index in [-0.39, 0.29) is 6.98 Å². The molecular weight excluding hydrogens is 559 g/mol. The maximum Gasteiger partial charge on any atom is 0.421 e. The van der Waals surface area contributed by atoms with E-state index in [4.69, 9.17) is 4.42 Å². The molecule has 3 aliphatic rings. The standard InChI is InChI=1S/C42H29BN2O/c1-2-12-29(13-3-1)44-38-21-7-4-14-32(38)35-18-11-19-36-33-15-5-8-22-39(33)45(43(44)41(35)36)30-26-24-28(25-27-30)31-17-10-20-37-34-16-6-9-23-40(34)46-42(31)37/h1-24,26H,25,27H2. The Balaban J connectivity index is 1.18. The Kier molecular flexibility index (Phi) is 5.50. The van der Waals surface area contributed by atoms with Crippen LogP contribution in [0.15, 0.2) is 162 Å². The number of allylic oxidation sites excluding steroid dienone is 4. The monoisotopic (exact) mass is 588 g/mol. The summed E-state index contributed by atoms with van der Waals surface area (Å²) in [4.78, 5) is 5.16. The molecule has 3 nitrogen and oxygen atoms in total. The molecule has 0 N–H and O–H groups in total. The largest absolute Gasteiger partial charge is 0.455 e. The van der Waals surface area contributed by atoms with Crippen LogP contribution in [0.5, 0.6) is 0 Å². The molecule has 0 fully saturated rings. The number of para-hydroxylation sites is 5. The zero-order valence-electron chi connectivity index (χ0n) is 25.2. The number of hydrogen-bond acceptors (Lipinski definition) is 3. The summed E-state index contributed by atoms with van der Waals surface area (Å²) in [5.41, 5.74) is 16.0. The highest BCUT2D eigenvalue weighted by atomic mass is 16.3.